The van der Waals surface area contributed by atoms with E-state index in [9.17, 15) is 14.7 Å². The van der Waals surface area contributed by atoms with Gasteiger partial charge < -0.3 is 5.11 Å². The number of allylic oxidation sites excluding steroid dienone is 3. The first-order valence-electron chi connectivity index (χ1n) is 6.88. The number of aromatic nitrogens is 2. The third-order valence-electron chi connectivity index (χ3n) is 3.86. The molecule has 0 aromatic carbocycles. The van der Waals surface area contributed by atoms with E-state index in [-0.39, 0.29) is 18.0 Å². The molecule has 0 amide bonds. The van der Waals surface area contributed by atoms with E-state index >= 15 is 0 Å². The van der Waals surface area contributed by atoms with Gasteiger partial charge in [0.05, 0.1) is 0 Å². The van der Waals surface area contributed by atoms with Crippen molar-refractivity contribution in [1.29, 1.82) is 0 Å². The standard InChI is InChI=1S/C15H20N2O3/c1-5-16-13(18)12(11-9(3)7-8-10(11)4)14(19)17(6-2)15(16)20/h18H,3,5-8H2,1-2,4H3. The summed E-state index contributed by atoms with van der Waals surface area (Å²) in [6.45, 7) is 10.0. The zero-order chi connectivity index (χ0) is 15.0. The summed E-state index contributed by atoms with van der Waals surface area (Å²) in [7, 11) is 0. The fraction of sp³-hybridized carbons (Fsp3) is 0.467. The highest BCUT2D eigenvalue weighted by molar-refractivity contribution is 5.84. The molecule has 1 aliphatic rings. The van der Waals surface area contributed by atoms with E-state index in [2.05, 4.69) is 6.58 Å². The minimum Gasteiger partial charge on any atom is -0.494 e. The second-order valence-corrected chi connectivity index (χ2v) is 5.03. The average Bonchev–Trinajstić information content (AvgIpc) is 2.72. The minimum absolute atomic E-state index is 0.216. The Hall–Kier alpha value is -2.04. The number of hydrogen-bond acceptors (Lipinski definition) is 3. The van der Waals surface area contributed by atoms with Gasteiger partial charge in [-0.2, -0.15) is 0 Å². The molecule has 20 heavy (non-hydrogen) atoms. The van der Waals surface area contributed by atoms with Crippen molar-refractivity contribution in [3.63, 3.8) is 0 Å². The van der Waals surface area contributed by atoms with Gasteiger partial charge in [-0.3, -0.25) is 13.9 Å². The summed E-state index contributed by atoms with van der Waals surface area (Å²) >= 11 is 0. The van der Waals surface area contributed by atoms with Crippen LogP contribution in [0.2, 0.25) is 0 Å². The van der Waals surface area contributed by atoms with Crippen LogP contribution in [0.1, 0.15) is 39.2 Å². The summed E-state index contributed by atoms with van der Waals surface area (Å²) in [5.41, 5.74) is 1.91. The maximum absolute atomic E-state index is 12.5. The summed E-state index contributed by atoms with van der Waals surface area (Å²) in [6, 6.07) is 0. The lowest BCUT2D eigenvalue weighted by atomic mass is 10.0. The van der Waals surface area contributed by atoms with Gasteiger partial charge in [0.2, 0.25) is 5.88 Å². The molecule has 0 spiro atoms. The monoisotopic (exact) mass is 276 g/mol. The van der Waals surface area contributed by atoms with Crippen molar-refractivity contribution in [3.05, 3.63) is 44.1 Å². The SMILES string of the molecule is C=C1CCC(C)=C1c1c(O)n(CC)c(=O)n(CC)c1=O. The zero-order valence-electron chi connectivity index (χ0n) is 12.2. The molecule has 0 saturated heterocycles. The fourth-order valence-corrected chi connectivity index (χ4v) is 2.75. The third-order valence-corrected chi connectivity index (χ3v) is 3.86. The Morgan fingerprint density at radius 3 is 2.20 bits per heavy atom. The summed E-state index contributed by atoms with van der Waals surface area (Å²) < 4.78 is 2.39. The Balaban J connectivity index is 2.91. The van der Waals surface area contributed by atoms with E-state index in [0.717, 1.165) is 34.1 Å². The van der Waals surface area contributed by atoms with E-state index in [0.29, 0.717) is 6.54 Å². The van der Waals surface area contributed by atoms with Crippen LogP contribution in [0.25, 0.3) is 5.57 Å². The predicted molar refractivity (Wildman–Crippen MR) is 78.9 cm³/mol. The molecule has 0 atom stereocenters. The minimum atomic E-state index is -0.469. The van der Waals surface area contributed by atoms with E-state index in [1.807, 2.05) is 6.92 Å². The number of nitrogens with zero attached hydrogens (tertiary/aromatic N) is 2. The van der Waals surface area contributed by atoms with Gasteiger partial charge in [-0.15, -0.1) is 0 Å². The Morgan fingerprint density at radius 1 is 1.15 bits per heavy atom. The first-order valence-corrected chi connectivity index (χ1v) is 6.88. The van der Waals surface area contributed by atoms with Crippen molar-refractivity contribution in [2.45, 2.75) is 46.7 Å². The van der Waals surface area contributed by atoms with Gasteiger partial charge in [0.15, 0.2) is 0 Å². The lowest BCUT2D eigenvalue weighted by Gasteiger charge is -2.15. The summed E-state index contributed by atoms with van der Waals surface area (Å²) in [5, 5.41) is 10.3. The molecule has 0 saturated carbocycles. The molecule has 0 radical (unpaired) electrons. The molecule has 1 heterocycles. The molecule has 1 aliphatic carbocycles. The second-order valence-electron chi connectivity index (χ2n) is 5.03. The molecular formula is C15H20N2O3. The lowest BCUT2D eigenvalue weighted by Crippen LogP contribution is -2.40. The maximum Gasteiger partial charge on any atom is 0.333 e. The number of rotatable bonds is 3. The van der Waals surface area contributed by atoms with Crippen molar-refractivity contribution in [3.8, 4) is 5.88 Å². The first kappa shape index (κ1) is 14.4. The van der Waals surface area contributed by atoms with Crippen LogP contribution >= 0.6 is 0 Å². The molecule has 1 aromatic heterocycles. The predicted octanol–water partition coefficient (Wildman–Crippen LogP) is 1.88. The van der Waals surface area contributed by atoms with E-state index < -0.39 is 11.2 Å². The molecule has 108 valence electrons. The van der Waals surface area contributed by atoms with Crippen molar-refractivity contribution < 1.29 is 5.11 Å². The van der Waals surface area contributed by atoms with Crippen molar-refractivity contribution >= 4 is 5.57 Å². The summed E-state index contributed by atoms with van der Waals surface area (Å²) in [6.07, 6.45) is 1.63. The van der Waals surface area contributed by atoms with Crippen LogP contribution in [-0.4, -0.2) is 14.2 Å². The molecule has 0 aliphatic heterocycles. The quantitative estimate of drug-likeness (QED) is 0.916. The Morgan fingerprint density at radius 2 is 1.75 bits per heavy atom. The van der Waals surface area contributed by atoms with Crippen LogP contribution in [0.3, 0.4) is 0 Å². The number of hydrogen-bond donors (Lipinski definition) is 1. The molecule has 5 heteroatoms. The lowest BCUT2D eigenvalue weighted by molar-refractivity contribution is 0.393. The number of aromatic hydroxyl groups is 1. The molecule has 5 nitrogen and oxygen atoms in total. The highest BCUT2D eigenvalue weighted by Crippen LogP contribution is 2.38. The van der Waals surface area contributed by atoms with Gasteiger partial charge in [0.1, 0.15) is 5.56 Å². The fourth-order valence-electron chi connectivity index (χ4n) is 2.75. The van der Waals surface area contributed by atoms with Crippen molar-refractivity contribution in [1.82, 2.24) is 9.13 Å². The molecule has 0 unspecified atom stereocenters. The van der Waals surface area contributed by atoms with E-state index in [4.69, 9.17) is 0 Å². The second kappa shape index (κ2) is 5.15. The molecular weight excluding hydrogens is 256 g/mol. The van der Waals surface area contributed by atoms with Gasteiger partial charge in [-0.1, -0.05) is 12.2 Å². The first-order chi connectivity index (χ1) is 9.43. The van der Waals surface area contributed by atoms with Gasteiger partial charge in [-0.05, 0) is 44.8 Å². The summed E-state index contributed by atoms with van der Waals surface area (Å²) in [5.74, 6) is -0.246. The molecule has 1 aromatic rings. The highest BCUT2D eigenvalue weighted by atomic mass is 16.3. The van der Waals surface area contributed by atoms with Crippen molar-refractivity contribution in [2.24, 2.45) is 0 Å². The highest BCUT2D eigenvalue weighted by Gasteiger charge is 2.26. The van der Waals surface area contributed by atoms with Crippen LogP contribution in [0.5, 0.6) is 5.88 Å². The third kappa shape index (κ3) is 1.94. The Kier molecular flexibility index (Phi) is 3.70. The van der Waals surface area contributed by atoms with E-state index in [1.165, 1.54) is 4.57 Å². The smallest absolute Gasteiger partial charge is 0.333 e. The van der Waals surface area contributed by atoms with Crippen LogP contribution in [0.4, 0.5) is 0 Å². The van der Waals surface area contributed by atoms with Crippen LogP contribution < -0.4 is 11.2 Å². The van der Waals surface area contributed by atoms with Crippen LogP contribution in [-0.2, 0) is 13.1 Å². The van der Waals surface area contributed by atoms with Crippen LogP contribution in [0, 0.1) is 0 Å². The average molecular weight is 276 g/mol. The molecule has 0 bridgehead atoms. The zero-order valence-corrected chi connectivity index (χ0v) is 12.2. The molecule has 2 rings (SSSR count). The normalized spacial score (nSPS) is 15.2. The molecule has 1 N–H and O–H groups in total. The van der Waals surface area contributed by atoms with Gasteiger partial charge >= 0.3 is 5.69 Å². The Bertz CT molecular complexity index is 720. The van der Waals surface area contributed by atoms with Gasteiger partial charge in [-0.25, -0.2) is 4.79 Å². The van der Waals surface area contributed by atoms with Crippen molar-refractivity contribution in [2.75, 3.05) is 0 Å². The van der Waals surface area contributed by atoms with Crippen LogP contribution in [0.15, 0.2) is 27.3 Å². The largest absolute Gasteiger partial charge is 0.494 e. The Labute approximate surface area is 117 Å². The maximum atomic E-state index is 12.5. The van der Waals surface area contributed by atoms with Gasteiger partial charge in [0.25, 0.3) is 5.56 Å². The van der Waals surface area contributed by atoms with Gasteiger partial charge in [0, 0.05) is 13.1 Å². The topological polar surface area (TPSA) is 64.2 Å². The summed E-state index contributed by atoms with van der Waals surface area (Å²) in [4.78, 5) is 24.6. The molecule has 0 fully saturated rings. The van der Waals surface area contributed by atoms with E-state index in [1.54, 1.807) is 13.8 Å².